The summed E-state index contributed by atoms with van der Waals surface area (Å²) in [4.78, 5) is 0.279. The quantitative estimate of drug-likeness (QED) is 0.861. The summed E-state index contributed by atoms with van der Waals surface area (Å²) < 4.78 is 32.5. The molecule has 1 aromatic rings. The van der Waals surface area contributed by atoms with Crippen molar-refractivity contribution in [2.24, 2.45) is 11.8 Å². The zero-order valence-electron chi connectivity index (χ0n) is 12.6. The van der Waals surface area contributed by atoms with Crippen LogP contribution in [0.25, 0.3) is 0 Å². The highest BCUT2D eigenvalue weighted by Gasteiger charge is 2.33. The van der Waals surface area contributed by atoms with E-state index in [0.717, 1.165) is 12.0 Å². The standard InChI is InChI=1S/C15H23NO3S/c1-11-5-6-14(19-4)15(8-11)20(17,18)16-9-12(2)7-13(3)10-16/h5-6,8,12-13H,7,9-10H2,1-4H3/t12-,13-/m1/s1. The van der Waals surface area contributed by atoms with Crippen LogP contribution in [0.2, 0.25) is 0 Å². The molecule has 0 aliphatic carbocycles. The lowest BCUT2D eigenvalue weighted by atomic mass is 9.94. The maximum atomic E-state index is 12.9. The third-order valence-electron chi connectivity index (χ3n) is 3.77. The number of nitrogens with zero attached hydrogens (tertiary/aromatic N) is 1. The normalized spacial score (nSPS) is 24.6. The minimum Gasteiger partial charge on any atom is -0.495 e. The summed E-state index contributed by atoms with van der Waals surface area (Å²) in [5.74, 6) is 1.20. The second-order valence-corrected chi connectivity index (χ2v) is 7.83. The topological polar surface area (TPSA) is 46.6 Å². The first-order chi connectivity index (χ1) is 9.34. The van der Waals surface area contributed by atoms with Crippen molar-refractivity contribution in [1.29, 1.82) is 0 Å². The molecule has 0 bridgehead atoms. The van der Waals surface area contributed by atoms with Gasteiger partial charge in [0.15, 0.2) is 0 Å². The molecule has 20 heavy (non-hydrogen) atoms. The molecule has 4 nitrogen and oxygen atoms in total. The van der Waals surface area contributed by atoms with Gasteiger partial charge in [0.25, 0.3) is 0 Å². The van der Waals surface area contributed by atoms with Gasteiger partial charge in [-0.25, -0.2) is 8.42 Å². The van der Waals surface area contributed by atoms with E-state index >= 15 is 0 Å². The van der Waals surface area contributed by atoms with Crippen LogP contribution < -0.4 is 4.74 Å². The number of hydrogen-bond acceptors (Lipinski definition) is 3. The van der Waals surface area contributed by atoms with Crippen molar-refractivity contribution in [3.63, 3.8) is 0 Å². The van der Waals surface area contributed by atoms with Gasteiger partial charge in [0.05, 0.1) is 7.11 Å². The SMILES string of the molecule is COc1ccc(C)cc1S(=O)(=O)N1C[C@H](C)C[C@@H](C)C1. The molecular formula is C15H23NO3S. The maximum absolute atomic E-state index is 12.9. The highest BCUT2D eigenvalue weighted by atomic mass is 32.2. The molecule has 112 valence electrons. The van der Waals surface area contributed by atoms with Crippen molar-refractivity contribution >= 4 is 10.0 Å². The highest BCUT2D eigenvalue weighted by Crippen LogP contribution is 2.31. The largest absolute Gasteiger partial charge is 0.495 e. The van der Waals surface area contributed by atoms with Gasteiger partial charge in [-0.2, -0.15) is 4.31 Å². The molecule has 1 aliphatic heterocycles. The van der Waals surface area contributed by atoms with E-state index in [4.69, 9.17) is 4.74 Å². The van der Waals surface area contributed by atoms with Crippen molar-refractivity contribution in [3.05, 3.63) is 23.8 Å². The Morgan fingerprint density at radius 1 is 1.20 bits per heavy atom. The third kappa shape index (κ3) is 2.99. The molecule has 1 saturated heterocycles. The number of benzene rings is 1. The van der Waals surface area contributed by atoms with Crippen LogP contribution in [0.1, 0.15) is 25.8 Å². The van der Waals surface area contributed by atoms with Crippen molar-refractivity contribution in [3.8, 4) is 5.75 Å². The molecule has 0 aromatic heterocycles. The fourth-order valence-electron chi connectivity index (χ4n) is 2.93. The Kier molecular flexibility index (Phi) is 4.39. The minimum absolute atomic E-state index is 0.279. The lowest BCUT2D eigenvalue weighted by molar-refractivity contribution is 0.222. The summed E-state index contributed by atoms with van der Waals surface area (Å²) in [6.07, 6.45) is 1.08. The molecule has 2 atom stereocenters. The highest BCUT2D eigenvalue weighted by molar-refractivity contribution is 7.89. The number of rotatable bonds is 3. The predicted molar refractivity (Wildman–Crippen MR) is 79.4 cm³/mol. The molecule has 1 aliphatic rings. The van der Waals surface area contributed by atoms with Gasteiger partial charge in [-0.3, -0.25) is 0 Å². The lowest BCUT2D eigenvalue weighted by Crippen LogP contribution is -2.42. The van der Waals surface area contributed by atoms with Gasteiger partial charge < -0.3 is 4.74 Å². The summed E-state index contributed by atoms with van der Waals surface area (Å²) in [6, 6.07) is 5.27. The van der Waals surface area contributed by atoms with E-state index in [-0.39, 0.29) is 4.90 Å². The summed E-state index contributed by atoms with van der Waals surface area (Å²) in [5, 5.41) is 0. The smallest absolute Gasteiger partial charge is 0.246 e. The molecule has 5 heteroatoms. The van der Waals surface area contributed by atoms with Crippen LogP contribution in [0, 0.1) is 18.8 Å². The van der Waals surface area contributed by atoms with Crippen LogP contribution >= 0.6 is 0 Å². The van der Waals surface area contributed by atoms with Crippen molar-refractivity contribution in [1.82, 2.24) is 4.31 Å². The van der Waals surface area contributed by atoms with E-state index in [0.29, 0.717) is 30.7 Å². The average Bonchev–Trinajstić information content (AvgIpc) is 2.37. The van der Waals surface area contributed by atoms with E-state index < -0.39 is 10.0 Å². The van der Waals surface area contributed by atoms with Gasteiger partial charge in [-0.1, -0.05) is 19.9 Å². The second kappa shape index (κ2) is 5.74. The number of piperidine rings is 1. The fraction of sp³-hybridized carbons (Fsp3) is 0.600. The van der Waals surface area contributed by atoms with Crippen molar-refractivity contribution < 1.29 is 13.2 Å². The van der Waals surface area contributed by atoms with E-state index in [1.165, 1.54) is 7.11 Å². The summed E-state index contributed by atoms with van der Waals surface area (Å²) >= 11 is 0. The number of sulfonamides is 1. The summed E-state index contributed by atoms with van der Waals surface area (Å²) in [5.41, 5.74) is 0.919. The first-order valence-electron chi connectivity index (χ1n) is 6.99. The predicted octanol–water partition coefficient (Wildman–Crippen LogP) is 2.67. The Morgan fingerprint density at radius 2 is 1.80 bits per heavy atom. The van der Waals surface area contributed by atoms with E-state index in [1.54, 1.807) is 16.4 Å². The van der Waals surface area contributed by atoms with Gasteiger partial charge in [0.2, 0.25) is 10.0 Å². The molecule has 0 unspecified atom stereocenters. The van der Waals surface area contributed by atoms with E-state index in [1.807, 2.05) is 13.0 Å². The third-order valence-corrected chi connectivity index (χ3v) is 5.63. The zero-order valence-corrected chi connectivity index (χ0v) is 13.4. The molecule has 0 N–H and O–H groups in total. The first-order valence-corrected chi connectivity index (χ1v) is 8.43. The zero-order chi connectivity index (χ0) is 14.9. The molecule has 1 fully saturated rings. The Balaban J connectivity index is 2.42. The van der Waals surface area contributed by atoms with Gasteiger partial charge in [0.1, 0.15) is 10.6 Å². The monoisotopic (exact) mass is 297 g/mol. The van der Waals surface area contributed by atoms with Crippen molar-refractivity contribution in [2.75, 3.05) is 20.2 Å². The average molecular weight is 297 g/mol. The van der Waals surface area contributed by atoms with Crippen LogP contribution in [0.5, 0.6) is 5.75 Å². The van der Waals surface area contributed by atoms with Gasteiger partial charge in [-0.05, 0) is 42.9 Å². The number of hydrogen-bond donors (Lipinski definition) is 0. The second-order valence-electron chi connectivity index (χ2n) is 5.92. The van der Waals surface area contributed by atoms with Crippen LogP contribution in [0.4, 0.5) is 0 Å². The van der Waals surface area contributed by atoms with Crippen LogP contribution in [0.3, 0.4) is 0 Å². The summed E-state index contributed by atoms with van der Waals surface area (Å²) in [6.45, 7) is 7.27. The molecule has 0 spiro atoms. The first kappa shape index (κ1) is 15.3. The molecule has 0 radical (unpaired) electrons. The Labute approximate surface area is 121 Å². The van der Waals surface area contributed by atoms with Crippen LogP contribution in [-0.2, 0) is 10.0 Å². The lowest BCUT2D eigenvalue weighted by Gasteiger charge is -2.34. The minimum atomic E-state index is -3.48. The molecular weight excluding hydrogens is 274 g/mol. The molecule has 0 saturated carbocycles. The maximum Gasteiger partial charge on any atom is 0.246 e. The molecule has 1 heterocycles. The number of aryl methyl sites for hydroxylation is 1. The van der Waals surface area contributed by atoms with Gasteiger partial charge >= 0.3 is 0 Å². The molecule has 2 rings (SSSR count). The van der Waals surface area contributed by atoms with Crippen LogP contribution in [-0.4, -0.2) is 32.9 Å². The Morgan fingerprint density at radius 3 is 2.35 bits per heavy atom. The van der Waals surface area contributed by atoms with Crippen LogP contribution in [0.15, 0.2) is 23.1 Å². The molecule has 0 amide bonds. The van der Waals surface area contributed by atoms with Gasteiger partial charge in [0, 0.05) is 13.1 Å². The van der Waals surface area contributed by atoms with E-state index in [9.17, 15) is 8.42 Å². The number of ether oxygens (including phenoxy) is 1. The van der Waals surface area contributed by atoms with Gasteiger partial charge in [-0.15, -0.1) is 0 Å². The number of methoxy groups -OCH3 is 1. The summed E-state index contributed by atoms with van der Waals surface area (Å²) in [7, 11) is -1.98. The Hall–Kier alpha value is -1.07. The van der Waals surface area contributed by atoms with E-state index in [2.05, 4.69) is 13.8 Å². The molecule has 1 aromatic carbocycles. The fourth-order valence-corrected chi connectivity index (χ4v) is 4.85. The van der Waals surface area contributed by atoms with Crippen molar-refractivity contribution in [2.45, 2.75) is 32.1 Å². The Bertz CT molecular complexity index is 573.